The van der Waals surface area contributed by atoms with Gasteiger partial charge in [-0.25, -0.2) is 0 Å². The Kier molecular flexibility index (Phi) is 5.80. The molecular formula is C20H22N2O3. The first-order valence-electron chi connectivity index (χ1n) is 8.44. The summed E-state index contributed by atoms with van der Waals surface area (Å²) in [6.45, 7) is 1.45. The monoisotopic (exact) mass is 338 g/mol. The Morgan fingerprint density at radius 2 is 1.68 bits per heavy atom. The predicted octanol–water partition coefficient (Wildman–Crippen LogP) is 2.12. The number of carbonyl (C=O) groups excluding carboxylic acids is 2. The van der Waals surface area contributed by atoms with Gasteiger partial charge in [0.05, 0.1) is 12.6 Å². The summed E-state index contributed by atoms with van der Waals surface area (Å²) >= 11 is 0. The maximum Gasteiger partial charge on any atom is 0.249 e. The van der Waals surface area contributed by atoms with Crippen molar-refractivity contribution in [2.24, 2.45) is 0 Å². The minimum Gasteiger partial charge on any atom is -0.369 e. The van der Waals surface area contributed by atoms with E-state index < -0.39 is 0 Å². The molecule has 1 saturated heterocycles. The molecule has 3 rings (SSSR count). The number of hydrogen-bond donors (Lipinski definition) is 1. The van der Waals surface area contributed by atoms with E-state index in [1.165, 1.54) is 0 Å². The van der Waals surface area contributed by atoms with Gasteiger partial charge in [0.25, 0.3) is 0 Å². The summed E-state index contributed by atoms with van der Waals surface area (Å²) in [6, 6.07) is 19.3. The van der Waals surface area contributed by atoms with E-state index in [0.29, 0.717) is 19.7 Å². The van der Waals surface area contributed by atoms with Crippen molar-refractivity contribution in [2.75, 3.05) is 13.2 Å². The predicted molar refractivity (Wildman–Crippen MR) is 94.5 cm³/mol. The van der Waals surface area contributed by atoms with Crippen molar-refractivity contribution < 1.29 is 14.3 Å². The second-order valence-corrected chi connectivity index (χ2v) is 6.14. The Balaban J connectivity index is 1.58. The van der Waals surface area contributed by atoms with Crippen molar-refractivity contribution in [3.05, 3.63) is 71.8 Å². The van der Waals surface area contributed by atoms with Gasteiger partial charge in [0.2, 0.25) is 11.8 Å². The van der Waals surface area contributed by atoms with Gasteiger partial charge < -0.3 is 15.0 Å². The zero-order chi connectivity index (χ0) is 17.5. The van der Waals surface area contributed by atoms with Crippen LogP contribution in [0.4, 0.5) is 0 Å². The van der Waals surface area contributed by atoms with Gasteiger partial charge in [0, 0.05) is 19.5 Å². The molecule has 2 aromatic carbocycles. The minimum absolute atomic E-state index is 0.0732. The molecule has 5 heteroatoms. The van der Waals surface area contributed by atoms with Gasteiger partial charge in [-0.05, 0) is 11.1 Å². The van der Waals surface area contributed by atoms with E-state index >= 15 is 0 Å². The molecule has 0 bridgehead atoms. The van der Waals surface area contributed by atoms with Crippen molar-refractivity contribution in [3.63, 3.8) is 0 Å². The molecule has 1 heterocycles. The van der Waals surface area contributed by atoms with E-state index in [9.17, 15) is 9.59 Å². The fraction of sp³-hybridized carbons (Fsp3) is 0.300. The van der Waals surface area contributed by atoms with Gasteiger partial charge in [0.1, 0.15) is 6.61 Å². The van der Waals surface area contributed by atoms with Gasteiger partial charge in [-0.2, -0.15) is 0 Å². The summed E-state index contributed by atoms with van der Waals surface area (Å²) < 4.78 is 5.35. The lowest BCUT2D eigenvalue weighted by atomic mass is 10.1. The number of rotatable bonds is 6. The lowest BCUT2D eigenvalue weighted by Gasteiger charge is -2.35. The first kappa shape index (κ1) is 17.2. The van der Waals surface area contributed by atoms with Crippen LogP contribution in [0.2, 0.25) is 0 Å². The number of nitrogens with zero attached hydrogens (tertiary/aromatic N) is 1. The second-order valence-electron chi connectivity index (χ2n) is 6.14. The number of nitrogens with one attached hydrogen (secondary N) is 1. The largest absolute Gasteiger partial charge is 0.369 e. The van der Waals surface area contributed by atoms with E-state index in [4.69, 9.17) is 4.74 Å². The molecule has 1 N–H and O–H groups in total. The van der Waals surface area contributed by atoms with Gasteiger partial charge in [0.15, 0.2) is 0 Å². The van der Waals surface area contributed by atoms with Crippen LogP contribution in [0.25, 0.3) is 0 Å². The Hall–Kier alpha value is -2.66. The molecule has 25 heavy (non-hydrogen) atoms. The highest BCUT2D eigenvalue weighted by Crippen LogP contribution is 2.16. The molecule has 0 radical (unpaired) electrons. The van der Waals surface area contributed by atoms with E-state index in [-0.39, 0.29) is 30.9 Å². The lowest BCUT2D eigenvalue weighted by molar-refractivity contribution is -0.150. The van der Waals surface area contributed by atoms with Crippen LogP contribution in [0, 0.1) is 0 Å². The van der Waals surface area contributed by atoms with Crippen molar-refractivity contribution in [1.29, 1.82) is 0 Å². The fourth-order valence-corrected chi connectivity index (χ4v) is 2.91. The standard InChI is InChI=1S/C20H22N2O3/c23-19(21-12-16-7-3-1-4-8-16)11-18-14-25-15-20(24)22(18)13-17-9-5-2-6-10-17/h1-10,18H,11-15H2,(H,21,23)/t18-/m0/s1. The van der Waals surface area contributed by atoms with Crippen LogP contribution in [0.15, 0.2) is 60.7 Å². The van der Waals surface area contributed by atoms with Crippen LogP contribution < -0.4 is 5.32 Å². The van der Waals surface area contributed by atoms with Crippen molar-refractivity contribution in [3.8, 4) is 0 Å². The third-order valence-electron chi connectivity index (χ3n) is 4.25. The fourth-order valence-electron chi connectivity index (χ4n) is 2.91. The highest BCUT2D eigenvalue weighted by Gasteiger charge is 2.30. The zero-order valence-corrected chi connectivity index (χ0v) is 14.1. The maximum absolute atomic E-state index is 12.3. The number of carbonyl (C=O) groups is 2. The van der Waals surface area contributed by atoms with Gasteiger partial charge >= 0.3 is 0 Å². The first-order chi connectivity index (χ1) is 12.2. The van der Waals surface area contributed by atoms with Crippen LogP contribution in [-0.4, -0.2) is 36.0 Å². The Labute approximate surface area is 147 Å². The maximum atomic E-state index is 12.3. The van der Waals surface area contributed by atoms with Crippen LogP contribution in [-0.2, 0) is 27.4 Å². The molecule has 0 saturated carbocycles. The van der Waals surface area contributed by atoms with E-state index in [2.05, 4.69) is 5.32 Å². The van der Waals surface area contributed by atoms with Gasteiger partial charge in [-0.1, -0.05) is 60.7 Å². The molecule has 0 unspecified atom stereocenters. The molecular weight excluding hydrogens is 316 g/mol. The first-order valence-corrected chi connectivity index (χ1v) is 8.44. The highest BCUT2D eigenvalue weighted by molar-refractivity contribution is 5.81. The molecule has 2 aromatic rings. The number of amides is 2. The Bertz CT molecular complexity index is 703. The van der Waals surface area contributed by atoms with Crippen molar-refractivity contribution in [1.82, 2.24) is 10.2 Å². The molecule has 2 amide bonds. The summed E-state index contributed by atoms with van der Waals surface area (Å²) in [5.41, 5.74) is 2.10. The van der Waals surface area contributed by atoms with Crippen LogP contribution >= 0.6 is 0 Å². The molecule has 0 spiro atoms. The van der Waals surface area contributed by atoms with Gasteiger partial charge in [-0.15, -0.1) is 0 Å². The summed E-state index contributed by atoms with van der Waals surface area (Å²) in [6.07, 6.45) is 0.241. The van der Waals surface area contributed by atoms with E-state index in [1.807, 2.05) is 60.7 Å². The lowest BCUT2D eigenvalue weighted by Crippen LogP contribution is -2.50. The number of benzene rings is 2. The molecule has 0 aliphatic carbocycles. The summed E-state index contributed by atoms with van der Waals surface area (Å²) in [5, 5.41) is 2.91. The highest BCUT2D eigenvalue weighted by atomic mass is 16.5. The number of morpholine rings is 1. The number of hydrogen-bond acceptors (Lipinski definition) is 3. The Morgan fingerprint density at radius 1 is 1.04 bits per heavy atom. The van der Waals surface area contributed by atoms with Crippen molar-refractivity contribution >= 4 is 11.8 Å². The summed E-state index contributed by atoms with van der Waals surface area (Å²) in [7, 11) is 0. The van der Waals surface area contributed by atoms with Gasteiger partial charge in [-0.3, -0.25) is 9.59 Å². The molecule has 130 valence electrons. The molecule has 1 aliphatic heterocycles. The smallest absolute Gasteiger partial charge is 0.249 e. The summed E-state index contributed by atoms with van der Waals surface area (Å²) in [4.78, 5) is 26.3. The molecule has 0 aromatic heterocycles. The van der Waals surface area contributed by atoms with Crippen LogP contribution in [0.3, 0.4) is 0 Å². The zero-order valence-electron chi connectivity index (χ0n) is 14.1. The molecule has 5 nitrogen and oxygen atoms in total. The van der Waals surface area contributed by atoms with Crippen LogP contribution in [0.1, 0.15) is 17.5 Å². The third kappa shape index (κ3) is 4.90. The molecule has 1 atom stereocenters. The molecule has 1 fully saturated rings. The Morgan fingerprint density at radius 3 is 2.36 bits per heavy atom. The SMILES string of the molecule is O=C(C[C@H]1COCC(=O)N1Cc1ccccc1)NCc1ccccc1. The van der Waals surface area contributed by atoms with E-state index in [0.717, 1.165) is 11.1 Å². The second kappa shape index (κ2) is 8.44. The molecule has 1 aliphatic rings. The topological polar surface area (TPSA) is 58.6 Å². The average Bonchev–Trinajstić information content (AvgIpc) is 2.65. The number of ether oxygens (including phenoxy) is 1. The average molecular weight is 338 g/mol. The van der Waals surface area contributed by atoms with Crippen LogP contribution in [0.5, 0.6) is 0 Å². The summed E-state index contributed by atoms with van der Waals surface area (Å²) in [5.74, 6) is -0.152. The third-order valence-corrected chi connectivity index (χ3v) is 4.25. The quantitative estimate of drug-likeness (QED) is 0.878. The van der Waals surface area contributed by atoms with Crippen molar-refractivity contribution in [2.45, 2.75) is 25.6 Å². The minimum atomic E-state index is -0.239. The van der Waals surface area contributed by atoms with E-state index in [1.54, 1.807) is 4.90 Å². The normalized spacial score (nSPS) is 17.4.